The van der Waals surface area contributed by atoms with Crippen LogP contribution in [0.15, 0.2) is 42.7 Å². The van der Waals surface area contributed by atoms with Gasteiger partial charge in [0.1, 0.15) is 12.1 Å². The number of nitrogens with zero attached hydrogens (tertiary/aromatic N) is 4. The minimum absolute atomic E-state index is 0.0732. The van der Waals surface area contributed by atoms with Gasteiger partial charge in [0.2, 0.25) is 0 Å². The molecule has 0 aliphatic heterocycles. The van der Waals surface area contributed by atoms with E-state index in [9.17, 15) is 4.79 Å². The predicted octanol–water partition coefficient (Wildman–Crippen LogP) is 2.43. The monoisotopic (exact) mass is 350 g/mol. The number of anilines is 1. The summed E-state index contributed by atoms with van der Waals surface area (Å²) in [4.78, 5) is 20.7. The first-order valence-electron chi connectivity index (χ1n) is 8.48. The Balaban J connectivity index is 1.56. The fourth-order valence-electron chi connectivity index (χ4n) is 2.71. The number of hydrogen-bond donors (Lipinski definition) is 2. The van der Waals surface area contributed by atoms with Crippen molar-refractivity contribution in [2.24, 2.45) is 0 Å². The van der Waals surface area contributed by atoms with Gasteiger partial charge in [-0.3, -0.25) is 4.79 Å². The molecule has 2 aromatic heterocycles. The minimum atomic E-state index is -0.0732. The number of rotatable bonds is 6. The smallest absolute Gasteiger partial charge is 0.251 e. The lowest BCUT2D eigenvalue weighted by atomic mass is 10.1. The summed E-state index contributed by atoms with van der Waals surface area (Å²) in [6, 6.07) is 11.4. The summed E-state index contributed by atoms with van der Waals surface area (Å²) in [6.07, 6.45) is 1.50. The highest BCUT2D eigenvalue weighted by molar-refractivity contribution is 5.95. The molecule has 0 spiro atoms. The van der Waals surface area contributed by atoms with Gasteiger partial charge in [-0.05, 0) is 38.5 Å². The summed E-state index contributed by atoms with van der Waals surface area (Å²) < 4.78 is 1.78. The zero-order valence-electron chi connectivity index (χ0n) is 15.2. The van der Waals surface area contributed by atoms with E-state index in [4.69, 9.17) is 0 Å². The zero-order chi connectivity index (χ0) is 18.5. The molecule has 3 aromatic rings. The third kappa shape index (κ3) is 4.05. The van der Waals surface area contributed by atoms with Crippen molar-refractivity contribution in [2.75, 3.05) is 18.4 Å². The van der Waals surface area contributed by atoms with Gasteiger partial charge in [0.15, 0.2) is 5.82 Å². The second kappa shape index (κ2) is 7.77. The predicted molar refractivity (Wildman–Crippen MR) is 101 cm³/mol. The van der Waals surface area contributed by atoms with Crippen LogP contribution in [0.2, 0.25) is 0 Å². The van der Waals surface area contributed by atoms with Crippen LogP contribution in [-0.4, -0.2) is 38.7 Å². The first kappa shape index (κ1) is 17.6. The molecule has 0 unspecified atom stereocenters. The van der Waals surface area contributed by atoms with Crippen LogP contribution in [0.3, 0.4) is 0 Å². The Morgan fingerprint density at radius 1 is 1.08 bits per heavy atom. The fraction of sp³-hybridized carbons (Fsp3) is 0.263. The largest absolute Gasteiger partial charge is 0.368 e. The maximum absolute atomic E-state index is 12.2. The van der Waals surface area contributed by atoms with Gasteiger partial charge in [0, 0.05) is 30.4 Å². The van der Waals surface area contributed by atoms with Crippen LogP contribution < -0.4 is 10.6 Å². The third-order valence-corrected chi connectivity index (χ3v) is 3.99. The van der Waals surface area contributed by atoms with Crippen molar-refractivity contribution in [3.63, 3.8) is 0 Å². The van der Waals surface area contributed by atoms with Gasteiger partial charge in [-0.1, -0.05) is 18.2 Å². The molecule has 134 valence electrons. The van der Waals surface area contributed by atoms with Crippen molar-refractivity contribution in [1.82, 2.24) is 25.1 Å². The number of aryl methyl sites for hydroxylation is 3. The molecule has 0 aliphatic carbocycles. The van der Waals surface area contributed by atoms with E-state index in [1.165, 1.54) is 6.33 Å². The second-order valence-corrected chi connectivity index (χ2v) is 6.10. The molecule has 0 fully saturated rings. The van der Waals surface area contributed by atoms with Gasteiger partial charge < -0.3 is 10.6 Å². The van der Waals surface area contributed by atoms with E-state index in [-0.39, 0.29) is 5.91 Å². The van der Waals surface area contributed by atoms with Crippen LogP contribution in [0.4, 0.5) is 5.82 Å². The van der Waals surface area contributed by atoms with Crippen LogP contribution in [0.1, 0.15) is 27.3 Å². The number of carbonyl (C=O) groups is 1. The maximum Gasteiger partial charge on any atom is 0.251 e. The number of carbonyl (C=O) groups excluding carboxylic acids is 1. The van der Waals surface area contributed by atoms with Crippen molar-refractivity contribution < 1.29 is 4.79 Å². The Morgan fingerprint density at radius 2 is 1.88 bits per heavy atom. The minimum Gasteiger partial charge on any atom is -0.368 e. The van der Waals surface area contributed by atoms with Gasteiger partial charge in [0.05, 0.1) is 5.69 Å². The lowest BCUT2D eigenvalue weighted by Gasteiger charge is -2.10. The highest BCUT2D eigenvalue weighted by atomic mass is 16.1. The highest BCUT2D eigenvalue weighted by Crippen LogP contribution is 2.12. The Bertz CT molecular complexity index is 918. The molecule has 7 heteroatoms. The average Bonchev–Trinajstić information content (AvgIpc) is 2.97. The van der Waals surface area contributed by atoms with Gasteiger partial charge in [-0.15, -0.1) is 0 Å². The van der Waals surface area contributed by atoms with E-state index in [2.05, 4.69) is 25.7 Å². The van der Waals surface area contributed by atoms with Gasteiger partial charge in [-0.2, -0.15) is 5.10 Å². The summed E-state index contributed by atoms with van der Waals surface area (Å²) in [7, 11) is 0. The first-order chi connectivity index (χ1) is 12.5. The average molecular weight is 350 g/mol. The van der Waals surface area contributed by atoms with Crippen molar-refractivity contribution in [3.8, 4) is 5.82 Å². The summed E-state index contributed by atoms with van der Waals surface area (Å²) in [5.74, 6) is 1.32. The number of amides is 1. The summed E-state index contributed by atoms with van der Waals surface area (Å²) >= 11 is 0. The van der Waals surface area contributed by atoms with E-state index < -0.39 is 0 Å². The van der Waals surface area contributed by atoms with Crippen LogP contribution in [-0.2, 0) is 0 Å². The highest BCUT2D eigenvalue weighted by Gasteiger charge is 2.08. The third-order valence-electron chi connectivity index (χ3n) is 3.99. The van der Waals surface area contributed by atoms with Gasteiger partial charge >= 0.3 is 0 Å². The molecule has 2 heterocycles. The molecule has 0 radical (unpaired) electrons. The molecule has 0 saturated heterocycles. The summed E-state index contributed by atoms with van der Waals surface area (Å²) in [6.45, 7) is 6.91. The van der Waals surface area contributed by atoms with Crippen molar-refractivity contribution in [1.29, 1.82) is 0 Å². The molecule has 0 aliphatic rings. The fourth-order valence-corrected chi connectivity index (χ4v) is 2.71. The van der Waals surface area contributed by atoms with Crippen LogP contribution in [0.5, 0.6) is 0 Å². The maximum atomic E-state index is 12.2. The second-order valence-electron chi connectivity index (χ2n) is 6.10. The molecule has 0 atom stereocenters. The molecule has 3 rings (SSSR count). The molecule has 1 aromatic carbocycles. The van der Waals surface area contributed by atoms with E-state index in [1.807, 2.05) is 57.2 Å². The summed E-state index contributed by atoms with van der Waals surface area (Å²) in [5.41, 5.74) is 3.61. The van der Waals surface area contributed by atoms with Crippen molar-refractivity contribution in [2.45, 2.75) is 20.8 Å². The lowest BCUT2D eigenvalue weighted by Crippen LogP contribution is -2.29. The first-order valence-corrected chi connectivity index (χ1v) is 8.48. The number of benzene rings is 1. The van der Waals surface area contributed by atoms with Crippen LogP contribution in [0, 0.1) is 20.8 Å². The topological polar surface area (TPSA) is 84.7 Å². The molecule has 0 bridgehead atoms. The molecule has 1 amide bonds. The van der Waals surface area contributed by atoms with E-state index in [1.54, 1.807) is 4.68 Å². The normalized spacial score (nSPS) is 10.6. The molecule has 2 N–H and O–H groups in total. The van der Waals surface area contributed by atoms with Crippen molar-refractivity contribution >= 4 is 11.7 Å². The number of hydrogen-bond acceptors (Lipinski definition) is 5. The number of nitrogens with one attached hydrogen (secondary N) is 2. The quantitative estimate of drug-likeness (QED) is 0.667. The Morgan fingerprint density at radius 3 is 2.62 bits per heavy atom. The molecule has 0 saturated carbocycles. The van der Waals surface area contributed by atoms with Crippen molar-refractivity contribution in [3.05, 3.63) is 65.2 Å². The van der Waals surface area contributed by atoms with Crippen LogP contribution >= 0.6 is 0 Å². The lowest BCUT2D eigenvalue weighted by molar-refractivity contribution is 0.0954. The van der Waals surface area contributed by atoms with Crippen LogP contribution in [0.25, 0.3) is 5.82 Å². The standard InChI is InChI=1S/C19H22N6O/c1-13-6-4-5-7-16(13)19(26)21-9-8-20-17-11-18(23-12-22-17)25-15(3)10-14(2)24-25/h4-7,10-12H,8-9H2,1-3H3,(H,21,26)(H,20,22,23). The summed E-state index contributed by atoms with van der Waals surface area (Å²) in [5, 5.41) is 10.5. The van der Waals surface area contributed by atoms with E-state index in [0.29, 0.717) is 30.3 Å². The Kier molecular flexibility index (Phi) is 5.26. The zero-order valence-corrected chi connectivity index (χ0v) is 15.2. The Hall–Kier alpha value is -3.22. The Labute approximate surface area is 152 Å². The van der Waals surface area contributed by atoms with E-state index in [0.717, 1.165) is 17.0 Å². The van der Waals surface area contributed by atoms with Gasteiger partial charge in [0.25, 0.3) is 5.91 Å². The molecular formula is C19H22N6O. The number of aromatic nitrogens is 4. The van der Waals surface area contributed by atoms with E-state index >= 15 is 0 Å². The SMILES string of the molecule is Cc1cc(C)n(-c2cc(NCCNC(=O)c3ccccc3C)ncn2)n1. The van der Waals surface area contributed by atoms with Gasteiger partial charge in [-0.25, -0.2) is 14.6 Å². The molecule has 7 nitrogen and oxygen atoms in total. The molecular weight excluding hydrogens is 328 g/mol. The molecule has 26 heavy (non-hydrogen) atoms.